The molecule has 0 aliphatic heterocycles. The van der Waals surface area contributed by atoms with Crippen molar-refractivity contribution in [3.05, 3.63) is 66.4 Å². The van der Waals surface area contributed by atoms with Crippen molar-refractivity contribution in [3.8, 4) is 5.75 Å². The maximum absolute atomic E-state index is 14.0. The first kappa shape index (κ1) is 20.5. The van der Waals surface area contributed by atoms with Gasteiger partial charge in [0.2, 0.25) is 4.93 Å². The maximum atomic E-state index is 14.0. The van der Waals surface area contributed by atoms with Crippen LogP contribution in [0.3, 0.4) is 0 Å². The lowest BCUT2D eigenvalue weighted by Crippen LogP contribution is -2.46. The molecule has 2 N–H and O–H groups in total. The van der Waals surface area contributed by atoms with Crippen LogP contribution in [0.4, 0.5) is 13.2 Å². The van der Waals surface area contributed by atoms with Crippen LogP contribution in [0.1, 0.15) is 25.8 Å². The van der Waals surface area contributed by atoms with Gasteiger partial charge in [-0.05, 0) is 35.2 Å². The third kappa shape index (κ3) is 4.10. The smallest absolute Gasteiger partial charge is 0.427 e. The molecule has 0 saturated carbocycles. The Balaban J connectivity index is 2.01. The zero-order valence-electron chi connectivity index (χ0n) is 15.4. The van der Waals surface area contributed by atoms with Gasteiger partial charge in [0, 0.05) is 22.9 Å². The molecule has 0 amide bonds. The predicted molar refractivity (Wildman–Crippen MR) is 104 cm³/mol. The van der Waals surface area contributed by atoms with Crippen LogP contribution in [0.2, 0.25) is 0 Å². The Hall–Kier alpha value is -2.25. The summed E-state index contributed by atoms with van der Waals surface area (Å²) in [6.45, 7) is 3.23. The maximum Gasteiger partial charge on any atom is 0.427 e. The van der Waals surface area contributed by atoms with Crippen molar-refractivity contribution in [3.63, 3.8) is 0 Å². The summed E-state index contributed by atoms with van der Waals surface area (Å²) in [6, 6.07) is 14.4. The molecule has 1 atom stereocenters. The molecule has 0 aliphatic carbocycles. The Labute approximate surface area is 165 Å². The molecule has 0 saturated heterocycles. The summed E-state index contributed by atoms with van der Waals surface area (Å²) >= 11 is 0.381. The Bertz CT molecular complexity index is 985. The van der Waals surface area contributed by atoms with E-state index >= 15 is 0 Å². The molecule has 28 heavy (non-hydrogen) atoms. The monoisotopic (exact) mass is 407 g/mol. The molecule has 7 heteroatoms. The van der Waals surface area contributed by atoms with Crippen LogP contribution in [0.25, 0.3) is 10.9 Å². The van der Waals surface area contributed by atoms with Crippen LogP contribution in [-0.2, 0) is 5.41 Å². The summed E-state index contributed by atoms with van der Waals surface area (Å²) in [5.41, 5.74) is 0.0263. The van der Waals surface area contributed by atoms with Crippen LogP contribution in [0, 0.1) is 0 Å². The number of alkyl halides is 3. The van der Waals surface area contributed by atoms with Crippen LogP contribution < -0.4 is 0 Å². The van der Waals surface area contributed by atoms with E-state index in [9.17, 15) is 23.4 Å². The Morgan fingerprint density at radius 3 is 2.39 bits per heavy atom. The molecule has 0 aliphatic rings. The van der Waals surface area contributed by atoms with Gasteiger partial charge in [0.05, 0.1) is 5.52 Å². The molecule has 3 nitrogen and oxygen atoms in total. The number of hydrogen-bond acceptors (Lipinski definition) is 4. The molecule has 1 heterocycles. The molecule has 1 unspecified atom stereocenters. The summed E-state index contributed by atoms with van der Waals surface area (Å²) in [5, 5.41) is 21.0. The molecule has 3 rings (SSSR count). The quantitative estimate of drug-likeness (QED) is 0.424. The van der Waals surface area contributed by atoms with Gasteiger partial charge < -0.3 is 10.2 Å². The number of phenolic OH excluding ortho intramolecular Hbond substituents is 1. The number of aromatic hydroxyl groups is 1. The fraction of sp³-hybridized carbons (Fsp3) is 0.286. The van der Waals surface area contributed by atoms with Crippen molar-refractivity contribution in [1.29, 1.82) is 0 Å². The van der Waals surface area contributed by atoms with E-state index < -0.39 is 22.9 Å². The second-order valence-electron chi connectivity index (χ2n) is 7.32. The third-order valence-electron chi connectivity index (χ3n) is 4.64. The number of para-hydroxylation sites is 1. The lowest BCUT2D eigenvalue weighted by molar-refractivity contribution is -0.225. The van der Waals surface area contributed by atoms with Crippen LogP contribution in [0.5, 0.6) is 5.75 Å². The highest BCUT2D eigenvalue weighted by Crippen LogP contribution is 2.51. The molecule has 1 aromatic heterocycles. The number of nitrogens with zero attached hydrogens (tertiary/aromatic N) is 1. The fourth-order valence-electron chi connectivity index (χ4n) is 3.16. The normalized spacial score (nSPS) is 14.8. The second kappa shape index (κ2) is 7.29. The highest BCUT2D eigenvalue weighted by molar-refractivity contribution is 8.00. The van der Waals surface area contributed by atoms with Crippen molar-refractivity contribution >= 4 is 22.7 Å². The third-order valence-corrected chi connectivity index (χ3v) is 5.93. The minimum Gasteiger partial charge on any atom is -0.508 e. The van der Waals surface area contributed by atoms with Gasteiger partial charge in [-0.25, -0.2) is 0 Å². The summed E-state index contributed by atoms with van der Waals surface area (Å²) in [5.74, 6) is -0.0334. The molecular formula is C21H20F3NO2S. The average Bonchev–Trinajstić information content (AvgIpc) is 2.61. The van der Waals surface area contributed by atoms with Crippen LogP contribution >= 0.6 is 11.8 Å². The van der Waals surface area contributed by atoms with Gasteiger partial charge >= 0.3 is 6.18 Å². The number of halogens is 3. The lowest BCUT2D eigenvalue weighted by atomic mass is 9.79. The molecule has 0 fully saturated rings. The number of aromatic nitrogens is 1. The van der Waals surface area contributed by atoms with E-state index in [1.807, 2.05) is 0 Å². The number of fused-ring (bicyclic) bond motifs is 1. The standard InChI is InChI=1S/C21H20F3NO2S/c1-19(2,14-6-5-7-15(26)12-14)13-20(27,21(22,23)24)28-18-10-11-25-17-9-4-3-8-16(17)18/h3-12,26-27H,13H2,1-2H3. The Morgan fingerprint density at radius 2 is 1.71 bits per heavy atom. The van der Waals surface area contributed by atoms with Gasteiger partial charge in [-0.15, -0.1) is 0 Å². The summed E-state index contributed by atoms with van der Waals surface area (Å²) in [7, 11) is 0. The number of phenols is 1. The molecule has 3 aromatic rings. The van der Waals surface area contributed by atoms with Crippen molar-refractivity contribution < 1.29 is 23.4 Å². The number of hydrogen-bond donors (Lipinski definition) is 2. The van der Waals surface area contributed by atoms with Crippen LogP contribution in [0.15, 0.2) is 65.7 Å². The van der Waals surface area contributed by atoms with Gasteiger partial charge in [-0.1, -0.05) is 55.9 Å². The molecule has 148 valence electrons. The van der Waals surface area contributed by atoms with Gasteiger partial charge in [0.25, 0.3) is 0 Å². The highest BCUT2D eigenvalue weighted by Gasteiger charge is 2.57. The Morgan fingerprint density at radius 1 is 1.00 bits per heavy atom. The molecule has 2 aromatic carbocycles. The van der Waals surface area contributed by atoms with Crippen molar-refractivity contribution in [2.75, 3.05) is 0 Å². The number of pyridine rings is 1. The Kier molecular flexibility index (Phi) is 5.34. The van der Waals surface area contributed by atoms with E-state index in [4.69, 9.17) is 0 Å². The van der Waals surface area contributed by atoms with Crippen molar-refractivity contribution in [2.24, 2.45) is 0 Å². The van der Waals surface area contributed by atoms with E-state index in [-0.39, 0.29) is 5.75 Å². The summed E-state index contributed by atoms with van der Waals surface area (Å²) < 4.78 is 41.9. The zero-order chi connectivity index (χ0) is 20.6. The molecule has 0 radical (unpaired) electrons. The first-order valence-electron chi connectivity index (χ1n) is 8.63. The van der Waals surface area contributed by atoms with Gasteiger partial charge in [0.15, 0.2) is 0 Å². The number of rotatable bonds is 5. The second-order valence-corrected chi connectivity index (χ2v) is 8.64. The molecular weight excluding hydrogens is 387 g/mol. The highest BCUT2D eigenvalue weighted by atomic mass is 32.2. The lowest BCUT2D eigenvalue weighted by Gasteiger charge is -2.37. The van der Waals surface area contributed by atoms with Crippen LogP contribution in [-0.4, -0.2) is 26.3 Å². The van der Waals surface area contributed by atoms with Gasteiger partial charge in [-0.3, -0.25) is 4.98 Å². The average molecular weight is 407 g/mol. The van der Waals surface area contributed by atoms with E-state index in [1.54, 1.807) is 50.2 Å². The first-order valence-corrected chi connectivity index (χ1v) is 9.45. The predicted octanol–water partition coefficient (Wildman–Crippen LogP) is 5.65. The van der Waals surface area contributed by atoms with Crippen molar-refractivity contribution in [1.82, 2.24) is 4.98 Å². The van der Waals surface area contributed by atoms with Crippen molar-refractivity contribution in [2.45, 2.75) is 41.7 Å². The number of benzene rings is 2. The largest absolute Gasteiger partial charge is 0.508 e. The SMILES string of the molecule is CC(C)(CC(O)(Sc1ccnc2ccccc12)C(F)(F)F)c1cccc(O)c1. The van der Waals surface area contributed by atoms with E-state index in [2.05, 4.69) is 4.98 Å². The fourth-order valence-corrected chi connectivity index (χ4v) is 4.49. The first-order chi connectivity index (χ1) is 13.0. The minimum absolute atomic E-state index is 0.0334. The summed E-state index contributed by atoms with van der Waals surface area (Å²) in [6.07, 6.45) is -4.02. The number of aliphatic hydroxyl groups is 1. The van der Waals surface area contributed by atoms with Gasteiger partial charge in [0.1, 0.15) is 5.75 Å². The summed E-state index contributed by atoms with van der Waals surface area (Å²) in [4.78, 5) is 1.44. The molecule has 0 spiro atoms. The molecule has 0 bridgehead atoms. The van der Waals surface area contributed by atoms with E-state index in [0.29, 0.717) is 33.1 Å². The topological polar surface area (TPSA) is 53.4 Å². The van der Waals surface area contributed by atoms with E-state index in [0.717, 1.165) is 0 Å². The van der Waals surface area contributed by atoms with Gasteiger partial charge in [-0.2, -0.15) is 13.2 Å². The number of thioether (sulfide) groups is 1. The van der Waals surface area contributed by atoms with E-state index in [1.165, 1.54) is 24.4 Å². The minimum atomic E-state index is -4.86. The zero-order valence-corrected chi connectivity index (χ0v) is 16.2.